The molecule has 0 saturated heterocycles. The van der Waals surface area contributed by atoms with Gasteiger partial charge in [0.15, 0.2) is 0 Å². The van der Waals surface area contributed by atoms with E-state index in [1.54, 1.807) is 48.5 Å². The zero-order valence-electron chi connectivity index (χ0n) is 19.2. The summed E-state index contributed by atoms with van der Waals surface area (Å²) in [6.07, 6.45) is 2.85. The Balaban J connectivity index is 1.62. The summed E-state index contributed by atoms with van der Waals surface area (Å²) in [4.78, 5) is 48.6. The highest BCUT2D eigenvalue weighted by Crippen LogP contribution is 2.17. The van der Waals surface area contributed by atoms with Crippen LogP contribution in [0.15, 0.2) is 72.8 Å². The molecule has 3 rings (SSSR count). The number of hydrogen-bond donors (Lipinski definition) is 2. The third-order valence-corrected chi connectivity index (χ3v) is 5.13. The van der Waals surface area contributed by atoms with Crippen LogP contribution in [0.3, 0.4) is 0 Å². The molecule has 0 heterocycles. The third kappa shape index (κ3) is 7.01. The molecule has 0 fully saturated rings. The number of aromatic carboxylic acids is 1. The normalized spacial score (nSPS) is 10.3. The van der Waals surface area contributed by atoms with Crippen LogP contribution in [0, 0.1) is 0 Å². The van der Waals surface area contributed by atoms with Crippen LogP contribution >= 0.6 is 0 Å². The number of hydrogen-bond acceptors (Lipinski definition) is 6. The first-order valence-corrected chi connectivity index (χ1v) is 11.2. The maximum atomic E-state index is 12.7. The van der Waals surface area contributed by atoms with E-state index in [1.165, 1.54) is 24.3 Å². The number of unbranched alkanes of at least 4 members (excludes halogenated alkanes) is 2. The Labute approximate surface area is 202 Å². The number of anilines is 2. The summed E-state index contributed by atoms with van der Waals surface area (Å²) in [6, 6.07) is 18.3. The van der Waals surface area contributed by atoms with Crippen LogP contribution in [-0.4, -0.2) is 30.4 Å². The van der Waals surface area contributed by atoms with Crippen molar-refractivity contribution in [3.05, 3.63) is 95.1 Å². The molecule has 35 heavy (non-hydrogen) atoms. The highest BCUT2D eigenvalue weighted by Gasteiger charge is 2.14. The molecule has 0 radical (unpaired) electrons. The van der Waals surface area contributed by atoms with Crippen LogP contribution in [-0.2, 0) is 4.74 Å². The number of esters is 1. The SMILES string of the molecule is CCCCCOC(=O)c1ccc(NC(=O)c2cccc(NC(=O)c3ccccc3C(=O)[O-])c2)cc1. The predicted octanol–water partition coefficient (Wildman–Crippen LogP) is 3.90. The van der Waals surface area contributed by atoms with Crippen LogP contribution < -0.4 is 15.7 Å². The summed E-state index contributed by atoms with van der Waals surface area (Å²) in [5.41, 5.74) is 1.18. The lowest BCUT2D eigenvalue weighted by Gasteiger charge is -2.12. The van der Waals surface area contributed by atoms with E-state index in [0.29, 0.717) is 23.5 Å². The van der Waals surface area contributed by atoms with Gasteiger partial charge in [-0.15, -0.1) is 0 Å². The van der Waals surface area contributed by atoms with Gasteiger partial charge in [0.2, 0.25) is 0 Å². The summed E-state index contributed by atoms with van der Waals surface area (Å²) in [7, 11) is 0. The number of carboxylic acid groups (broad SMARTS) is 1. The van der Waals surface area contributed by atoms with Crippen molar-refractivity contribution in [1.82, 2.24) is 0 Å². The first-order valence-electron chi connectivity index (χ1n) is 11.2. The van der Waals surface area contributed by atoms with Gasteiger partial charge in [-0.1, -0.05) is 44.0 Å². The minimum absolute atomic E-state index is 0.0497. The van der Waals surface area contributed by atoms with Crippen LogP contribution in [0.5, 0.6) is 0 Å². The quantitative estimate of drug-likeness (QED) is 0.340. The Hall–Kier alpha value is -4.46. The lowest BCUT2D eigenvalue weighted by molar-refractivity contribution is -0.255. The van der Waals surface area contributed by atoms with Crippen LogP contribution in [0.25, 0.3) is 0 Å². The molecular formula is C27H25N2O6-. The summed E-state index contributed by atoms with van der Waals surface area (Å²) in [6.45, 7) is 2.44. The Morgan fingerprint density at radius 2 is 1.43 bits per heavy atom. The summed E-state index contributed by atoms with van der Waals surface area (Å²) >= 11 is 0. The molecule has 3 aromatic rings. The van der Waals surface area contributed by atoms with E-state index in [2.05, 4.69) is 17.6 Å². The number of carbonyl (C=O) groups excluding carboxylic acids is 4. The zero-order chi connectivity index (χ0) is 25.2. The van der Waals surface area contributed by atoms with Crippen molar-refractivity contribution in [3.63, 3.8) is 0 Å². The number of benzene rings is 3. The zero-order valence-corrected chi connectivity index (χ0v) is 19.2. The number of ether oxygens (including phenoxy) is 1. The van der Waals surface area contributed by atoms with Crippen molar-refractivity contribution in [3.8, 4) is 0 Å². The Morgan fingerprint density at radius 3 is 2.11 bits per heavy atom. The fraction of sp³-hybridized carbons (Fsp3) is 0.185. The molecule has 8 heteroatoms. The van der Waals surface area contributed by atoms with E-state index in [0.717, 1.165) is 19.3 Å². The Morgan fingerprint density at radius 1 is 0.743 bits per heavy atom. The first-order chi connectivity index (χ1) is 16.9. The highest BCUT2D eigenvalue weighted by molar-refractivity contribution is 6.11. The van der Waals surface area contributed by atoms with Gasteiger partial charge in [-0.2, -0.15) is 0 Å². The number of rotatable bonds is 10. The van der Waals surface area contributed by atoms with Crippen molar-refractivity contribution in [1.29, 1.82) is 0 Å². The molecule has 2 amide bonds. The van der Waals surface area contributed by atoms with Gasteiger partial charge in [-0.05, 0) is 55.0 Å². The third-order valence-electron chi connectivity index (χ3n) is 5.13. The molecule has 0 atom stereocenters. The lowest BCUT2D eigenvalue weighted by atomic mass is 10.1. The second kappa shape index (κ2) is 12.1. The molecule has 0 spiro atoms. The minimum Gasteiger partial charge on any atom is -0.545 e. The highest BCUT2D eigenvalue weighted by atomic mass is 16.5. The molecule has 0 aliphatic heterocycles. The van der Waals surface area contributed by atoms with Gasteiger partial charge in [0.1, 0.15) is 0 Å². The van der Waals surface area contributed by atoms with Crippen molar-refractivity contribution < 1.29 is 29.0 Å². The fourth-order valence-electron chi connectivity index (χ4n) is 3.29. The molecule has 0 bridgehead atoms. The molecule has 3 aromatic carbocycles. The predicted molar refractivity (Wildman–Crippen MR) is 129 cm³/mol. The van der Waals surface area contributed by atoms with Crippen LogP contribution in [0.1, 0.15) is 67.6 Å². The van der Waals surface area contributed by atoms with Crippen molar-refractivity contribution in [2.24, 2.45) is 0 Å². The van der Waals surface area contributed by atoms with E-state index < -0.39 is 23.8 Å². The average molecular weight is 474 g/mol. The van der Waals surface area contributed by atoms with Crippen molar-refractivity contribution >= 4 is 35.1 Å². The Bertz CT molecular complexity index is 1220. The van der Waals surface area contributed by atoms with Gasteiger partial charge in [-0.3, -0.25) is 9.59 Å². The molecule has 0 aromatic heterocycles. The van der Waals surface area contributed by atoms with Crippen LogP contribution in [0.4, 0.5) is 11.4 Å². The van der Waals surface area contributed by atoms with Gasteiger partial charge >= 0.3 is 5.97 Å². The average Bonchev–Trinajstić information content (AvgIpc) is 2.87. The van der Waals surface area contributed by atoms with Gasteiger partial charge in [0.25, 0.3) is 11.8 Å². The number of carbonyl (C=O) groups is 4. The van der Waals surface area contributed by atoms with E-state index in [9.17, 15) is 24.3 Å². The molecule has 0 aliphatic carbocycles. The Kier molecular flexibility index (Phi) is 8.72. The van der Waals surface area contributed by atoms with E-state index in [4.69, 9.17) is 4.74 Å². The summed E-state index contributed by atoms with van der Waals surface area (Å²) < 4.78 is 5.22. The van der Waals surface area contributed by atoms with Crippen LogP contribution in [0.2, 0.25) is 0 Å². The molecule has 0 unspecified atom stereocenters. The maximum Gasteiger partial charge on any atom is 0.338 e. The molecular weight excluding hydrogens is 448 g/mol. The minimum atomic E-state index is -1.46. The molecule has 180 valence electrons. The monoisotopic (exact) mass is 473 g/mol. The molecule has 8 nitrogen and oxygen atoms in total. The number of carboxylic acids is 1. The van der Waals surface area contributed by atoms with E-state index in [1.807, 2.05) is 0 Å². The molecule has 2 N–H and O–H groups in total. The molecule has 0 saturated carbocycles. The van der Waals surface area contributed by atoms with E-state index >= 15 is 0 Å². The lowest BCUT2D eigenvalue weighted by Crippen LogP contribution is -2.26. The fourth-order valence-corrected chi connectivity index (χ4v) is 3.29. The maximum absolute atomic E-state index is 12.7. The summed E-state index contributed by atoms with van der Waals surface area (Å²) in [5.74, 6) is -2.94. The van der Waals surface area contributed by atoms with Gasteiger partial charge in [0, 0.05) is 28.1 Å². The van der Waals surface area contributed by atoms with Crippen molar-refractivity contribution in [2.75, 3.05) is 17.2 Å². The topological polar surface area (TPSA) is 125 Å². The standard InChI is InChI=1S/C27H26N2O6/c1-2-3-6-16-35-27(34)18-12-14-20(15-13-18)28-24(30)19-8-7-9-21(17-19)29-25(31)22-10-4-5-11-23(22)26(32)33/h4-5,7-15,17H,2-3,6,16H2,1H3,(H,28,30)(H,29,31)(H,32,33)/p-1. The number of amides is 2. The van der Waals surface area contributed by atoms with Gasteiger partial charge in [-0.25, -0.2) is 4.79 Å². The largest absolute Gasteiger partial charge is 0.545 e. The first kappa shape index (κ1) is 25.2. The summed E-state index contributed by atoms with van der Waals surface area (Å²) in [5, 5.41) is 16.6. The van der Waals surface area contributed by atoms with E-state index in [-0.39, 0.29) is 16.7 Å². The smallest absolute Gasteiger partial charge is 0.338 e. The number of nitrogens with one attached hydrogen (secondary N) is 2. The second-order valence-electron chi connectivity index (χ2n) is 7.74. The second-order valence-corrected chi connectivity index (χ2v) is 7.74. The van der Waals surface area contributed by atoms with Crippen molar-refractivity contribution in [2.45, 2.75) is 26.2 Å². The molecule has 0 aliphatic rings. The van der Waals surface area contributed by atoms with Gasteiger partial charge < -0.3 is 25.3 Å². The van der Waals surface area contributed by atoms with Gasteiger partial charge in [0.05, 0.1) is 18.1 Å².